The van der Waals surface area contributed by atoms with Gasteiger partial charge in [0.05, 0.1) is 19.2 Å². The number of hydrogen-bond acceptors (Lipinski definition) is 7. The molecule has 3 aromatic rings. The van der Waals surface area contributed by atoms with Crippen molar-refractivity contribution in [1.82, 2.24) is 0 Å². The minimum atomic E-state index is -0.534. The van der Waals surface area contributed by atoms with Crippen molar-refractivity contribution in [2.75, 3.05) is 27.4 Å². The Balaban J connectivity index is 1.47. The molecule has 0 aromatic heterocycles. The lowest BCUT2D eigenvalue weighted by Crippen LogP contribution is -2.10. The Hall–Kier alpha value is -3.97. The van der Waals surface area contributed by atoms with Crippen LogP contribution in [-0.4, -0.2) is 39.3 Å². The normalized spacial score (nSPS) is 13.9. The average Bonchev–Trinajstić information content (AvgIpc) is 3.22. The van der Waals surface area contributed by atoms with Gasteiger partial charge in [-0.1, -0.05) is 35.9 Å². The highest BCUT2D eigenvalue weighted by atomic mass is 35.5. The fraction of sp³-hybridized carbons (Fsp3) is 0.185. The molecular weight excluding hydrogens is 470 g/mol. The van der Waals surface area contributed by atoms with Gasteiger partial charge in [-0.25, -0.2) is 9.79 Å². The second-order valence-corrected chi connectivity index (χ2v) is 7.97. The quantitative estimate of drug-likeness (QED) is 0.223. The van der Waals surface area contributed by atoms with Crippen molar-refractivity contribution in [3.05, 3.63) is 88.1 Å². The van der Waals surface area contributed by atoms with Gasteiger partial charge in [-0.15, -0.1) is 0 Å². The first-order chi connectivity index (χ1) is 17.0. The maximum atomic E-state index is 12.4. The van der Waals surface area contributed by atoms with Crippen LogP contribution in [0, 0.1) is 6.92 Å². The number of methoxy groups -OCH3 is 2. The van der Waals surface area contributed by atoms with Crippen LogP contribution in [0.15, 0.2) is 71.4 Å². The Morgan fingerprint density at radius 1 is 0.943 bits per heavy atom. The van der Waals surface area contributed by atoms with E-state index in [0.29, 0.717) is 40.2 Å². The summed E-state index contributed by atoms with van der Waals surface area (Å²) in [6.45, 7) is 2.46. The van der Waals surface area contributed by atoms with Crippen molar-refractivity contribution in [2.24, 2.45) is 4.99 Å². The van der Waals surface area contributed by atoms with Crippen molar-refractivity contribution < 1.29 is 28.5 Å². The lowest BCUT2D eigenvalue weighted by molar-refractivity contribution is -0.129. The number of esters is 1. The van der Waals surface area contributed by atoms with Crippen LogP contribution in [0.5, 0.6) is 23.0 Å². The molecule has 35 heavy (non-hydrogen) atoms. The molecule has 0 N–H and O–H groups in total. The number of hydrogen-bond donors (Lipinski definition) is 0. The molecule has 4 rings (SSSR count). The predicted molar refractivity (Wildman–Crippen MR) is 134 cm³/mol. The second-order valence-electron chi connectivity index (χ2n) is 7.56. The fourth-order valence-corrected chi connectivity index (χ4v) is 3.73. The third-order valence-electron chi connectivity index (χ3n) is 5.19. The third-order valence-corrected chi connectivity index (χ3v) is 5.47. The lowest BCUT2D eigenvalue weighted by Gasteiger charge is -2.14. The Labute approximate surface area is 208 Å². The SMILES string of the molecule is COc1cccc(OCCOc2c(Cl)cc(C=C3N=C(c4ccccc4C)OC3=O)cc2OC)c1. The highest BCUT2D eigenvalue weighted by molar-refractivity contribution is 6.32. The number of carbonyl (C=O) groups is 1. The summed E-state index contributed by atoms with van der Waals surface area (Å²) in [5.74, 6) is 1.91. The van der Waals surface area contributed by atoms with Gasteiger partial charge >= 0.3 is 5.97 Å². The maximum Gasteiger partial charge on any atom is 0.363 e. The number of cyclic esters (lactones) is 1. The first-order valence-corrected chi connectivity index (χ1v) is 11.2. The van der Waals surface area contributed by atoms with Gasteiger partial charge in [-0.05, 0) is 54.5 Å². The molecule has 7 nitrogen and oxygen atoms in total. The molecule has 0 atom stereocenters. The zero-order chi connectivity index (χ0) is 24.8. The molecule has 0 amide bonds. The number of carbonyl (C=O) groups excluding carboxylic acids is 1. The van der Waals surface area contributed by atoms with E-state index in [2.05, 4.69) is 4.99 Å². The summed E-state index contributed by atoms with van der Waals surface area (Å²) in [6.07, 6.45) is 1.59. The van der Waals surface area contributed by atoms with Gasteiger partial charge < -0.3 is 23.7 Å². The first-order valence-electron chi connectivity index (χ1n) is 10.8. The summed E-state index contributed by atoms with van der Waals surface area (Å²) in [6, 6.07) is 18.3. The molecule has 0 saturated heterocycles. The molecule has 0 fully saturated rings. The van der Waals surface area contributed by atoms with Crippen LogP contribution in [0.4, 0.5) is 0 Å². The maximum absolute atomic E-state index is 12.4. The van der Waals surface area contributed by atoms with E-state index in [1.54, 1.807) is 31.4 Å². The number of rotatable bonds is 9. The van der Waals surface area contributed by atoms with Gasteiger partial charge in [0, 0.05) is 11.6 Å². The van der Waals surface area contributed by atoms with Crippen LogP contribution in [-0.2, 0) is 9.53 Å². The van der Waals surface area contributed by atoms with Gasteiger partial charge in [0.25, 0.3) is 0 Å². The smallest absolute Gasteiger partial charge is 0.363 e. The van der Waals surface area contributed by atoms with E-state index in [1.165, 1.54) is 7.11 Å². The molecule has 0 bridgehead atoms. The Kier molecular flexibility index (Phi) is 7.57. The van der Waals surface area contributed by atoms with E-state index < -0.39 is 5.97 Å². The zero-order valence-corrected chi connectivity index (χ0v) is 20.3. The van der Waals surface area contributed by atoms with Crippen molar-refractivity contribution in [2.45, 2.75) is 6.92 Å². The Bertz CT molecular complexity index is 1300. The minimum absolute atomic E-state index is 0.168. The van der Waals surface area contributed by atoms with E-state index in [0.717, 1.165) is 11.1 Å². The molecule has 0 unspecified atom stereocenters. The summed E-state index contributed by atoms with van der Waals surface area (Å²) < 4.78 is 27.5. The van der Waals surface area contributed by atoms with E-state index in [-0.39, 0.29) is 18.2 Å². The number of ether oxygens (including phenoxy) is 5. The molecule has 8 heteroatoms. The fourth-order valence-electron chi connectivity index (χ4n) is 3.45. The molecule has 0 radical (unpaired) electrons. The Morgan fingerprint density at radius 3 is 2.49 bits per heavy atom. The van der Waals surface area contributed by atoms with Crippen molar-refractivity contribution in [3.8, 4) is 23.0 Å². The standard InChI is InChI=1S/C27H24ClNO6/c1-17-7-4-5-10-21(17)26-29-23(27(30)35-26)14-18-13-22(28)25(24(15-18)32-3)34-12-11-33-20-9-6-8-19(16-20)31-2/h4-10,13-16H,11-12H2,1-3H3. The zero-order valence-electron chi connectivity index (χ0n) is 19.5. The first kappa shape index (κ1) is 24.2. The van der Waals surface area contributed by atoms with Crippen molar-refractivity contribution in [1.29, 1.82) is 0 Å². The van der Waals surface area contributed by atoms with E-state index >= 15 is 0 Å². The van der Waals surface area contributed by atoms with Crippen LogP contribution in [0.1, 0.15) is 16.7 Å². The monoisotopic (exact) mass is 493 g/mol. The summed E-state index contributed by atoms with van der Waals surface area (Å²) in [7, 11) is 3.11. The summed E-state index contributed by atoms with van der Waals surface area (Å²) in [5.41, 5.74) is 2.51. The topological polar surface area (TPSA) is 75.6 Å². The van der Waals surface area contributed by atoms with Crippen LogP contribution < -0.4 is 18.9 Å². The van der Waals surface area contributed by atoms with E-state index in [9.17, 15) is 4.79 Å². The van der Waals surface area contributed by atoms with Crippen molar-refractivity contribution in [3.63, 3.8) is 0 Å². The Morgan fingerprint density at radius 2 is 1.71 bits per heavy atom. The number of aliphatic imine (C=N–C) groups is 1. The number of halogens is 1. The van der Waals surface area contributed by atoms with Gasteiger partial charge in [0.15, 0.2) is 17.2 Å². The lowest BCUT2D eigenvalue weighted by atomic mass is 10.1. The molecule has 1 aliphatic heterocycles. The van der Waals surface area contributed by atoms with Crippen LogP contribution >= 0.6 is 11.6 Å². The molecular formula is C27H24ClNO6. The molecule has 0 saturated carbocycles. The summed E-state index contributed by atoms with van der Waals surface area (Å²) >= 11 is 6.47. The van der Waals surface area contributed by atoms with E-state index in [4.69, 9.17) is 35.3 Å². The van der Waals surface area contributed by atoms with Crippen LogP contribution in [0.3, 0.4) is 0 Å². The molecule has 180 valence electrons. The average molecular weight is 494 g/mol. The van der Waals surface area contributed by atoms with E-state index in [1.807, 2.05) is 49.4 Å². The van der Waals surface area contributed by atoms with Crippen LogP contribution in [0.2, 0.25) is 5.02 Å². The van der Waals surface area contributed by atoms with Gasteiger partial charge in [-0.3, -0.25) is 0 Å². The summed E-state index contributed by atoms with van der Waals surface area (Å²) in [5, 5.41) is 0.326. The number of aryl methyl sites for hydroxylation is 1. The molecule has 1 aliphatic rings. The third kappa shape index (κ3) is 5.75. The molecule has 0 aliphatic carbocycles. The molecule has 0 spiro atoms. The van der Waals surface area contributed by atoms with Crippen LogP contribution in [0.25, 0.3) is 6.08 Å². The summed E-state index contributed by atoms with van der Waals surface area (Å²) in [4.78, 5) is 16.8. The molecule has 3 aromatic carbocycles. The largest absolute Gasteiger partial charge is 0.497 e. The minimum Gasteiger partial charge on any atom is -0.497 e. The number of nitrogens with zero attached hydrogens (tertiary/aromatic N) is 1. The molecule has 1 heterocycles. The predicted octanol–water partition coefficient (Wildman–Crippen LogP) is 5.47. The van der Waals surface area contributed by atoms with Gasteiger partial charge in [-0.2, -0.15) is 0 Å². The highest BCUT2D eigenvalue weighted by Gasteiger charge is 2.25. The van der Waals surface area contributed by atoms with Gasteiger partial charge in [0.2, 0.25) is 5.90 Å². The second kappa shape index (κ2) is 11.0. The highest BCUT2D eigenvalue weighted by Crippen LogP contribution is 2.37. The number of benzene rings is 3. The van der Waals surface area contributed by atoms with Crippen molar-refractivity contribution >= 4 is 29.5 Å². The van der Waals surface area contributed by atoms with Gasteiger partial charge in [0.1, 0.15) is 24.7 Å².